The summed E-state index contributed by atoms with van der Waals surface area (Å²) in [5.74, 6) is 0. The lowest BCUT2D eigenvalue weighted by Crippen LogP contribution is -2.10. The van der Waals surface area contributed by atoms with Gasteiger partial charge in [0.1, 0.15) is 5.71 Å². The molecule has 94 valence electrons. The average molecular weight is 251 g/mol. The van der Waals surface area contributed by atoms with Gasteiger partial charge in [0.25, 0.3) is 0 Å². The van der Waals surface area contributed by atoms with Crippen molar-refractivity contribution in [3.8, 4) is 0 Å². The summed E-state index contributed by atoms with van der Waals surface area (Å²) in [5.41, 5.74) is 1.53. The summed E-state index contributed by atoms with van der Waals surface area (Å²) in [6, 6.07) is 14.1. The van der Waals surface area contributed by atoms with Crippen molar-refractivity contribution < 1.29 is 5.21 Å². The summed E-state index contributed by atoms with van der Waals surface area (Å²) in [5, 5.41) is 14.9. The van der Waals surface area contributed by atoms with E-state index in [9.17, 15) is 5.21 Å². The van der Waals surface area contributed by atoms with Crippen molar-refractivity contribution in [1.82, 2.24) is 9.55 Å². The Bertz CT molecular complexity index is 717. The SMILES string of the molecule is O/N=C(\Cn1ccnc1)c1ccc2ccccc2c1. The Morgan fingerprint density at radius 3 is 2.74 bits per heavy atom. The number of hydrogen-bond acceptors (Lipinski definition) is 3. The second kappa shape index (κ2) is 4.94. The van der Waals surface area contributed by atoms with Gasteiger partial charge >= 0.3 is 0 Å². The Hall–Kier alpha value is -2.62. The van der Waals surface area contributed by atoms with Crippen molar-refractivity contribution in [2.75, 3.05) is 0 Å². The monoisotopic (exact) mass is 251 g/mol. The fraction of sp³-hybridized carbons (Fsp3) is 0.0667. The van der Waals surface area contributed by atoms with Crippen molar-refractivity contribution >= 4 is 16.5 Å². The summed E-state index contributed by atoms with van der Waals surface area (Å²) in [6.45, 7) is 0.495. The van der Waals surface area contributed by atoms with E-state index < -0.39 is 0 Å². The van der Waals surface area contributed by atoms with Crippen LogP contribution in [0.25, 0.3) is 10.8 Å². The third-order valence-electron chi connectivity index (χ3n) is 3.09. The molecule has 0 unspecified atom stereocenters. The minimum atomic E-state index is 0.495. The molecule has 0 amide bonds. The smallest absolute Gasteiger partial charge is 0.106 e. The van der Waals surface area contributed by atoms with Gasteiger partial charge in [-0.3, -0.25) is 0 Å². The summed E-state index contributed by atoms with van der Waals surface area (Å²) in [7, 11) is 0. The minimum Gasteiger partial charge on any atom is -0.411 e. The summed E-state index contributed by atoms with van der Waals surface area (Å²) < 4.78 is 1.87. The van der Waals surface area contributed by atoms with Gasteiger partial charge in [-0.2, -0.15) is 0 Å². The molecule has 0 saturated carbocycles. The van der Waals surface area contributed by atoms with Gasteiger partial charge in [0.2, 0.25) is 0 Å². The lowest BCUT2D eigenvalue weighted by atomic mass is 10.0. The fourth-order valence-corrected chi connectivity index (χ4v) is 2.10. The molecule has 2 aromatic carbocycles. The first-order valence-electron chi connectivity index (χ1n) is 6.02. The first-order chi connectivity index (χ1) is 9.36. The predicted octanol–water partition coefficient (Wildman–Crippen LogP) is 2.91. The van der Waals surface area contributed by atoms with Crippen LogP contribution >= 0.6 is 0 Å². The summed E-state index contributed by atoms with van der Waals surface area (Å²) >= 11 is 0. The van der Waals surface area contributed by atoms with Gasteiger partial charge in [-0.15, -0.1) is 0 Å². The number of hydrogen-bond donors (Lipinski definition) is 1. The van der Waals surface area contributed by atoms with Gasteiger partial charge in [-0.05, 0) is 16.8 Å². The van der Waals surface area contributed by atoms with Gasteiger partial charge in [-0.25, -0.2) is 4.98 Å². The Morgan fingerprint density at radius 1 is 1.16 bits per heavy atom. The van der Waals surface area contributed by atoms with Gasteiger partial charge < -0.3 is 9.77 Å². The van der Waals surface area contributed by atoms with Crippen LogP contribution in [0.2, 0.25) is 0 Å². The van der Waals surface area contributed by atoms with E-state index in [4.69, 9.17) is 0 Å². The molecule has 0 spiro atoms. The number of nitrogens with zero attached hydrogens (tertiary/aromatic N) is 3. The highest BCUT2D eigenvalue weighted by Gasteiger charge is 2.06. The molecule has 19 heavy (non-hydrogen) atoms. The zero-order chi connectivity index (χ0) is 13.1. The van der Waals surface area contributed by atoms with E-state index >= 15 is 0 Å². The molecule has 0 aliphatic heterocycles. The van der Waals surface area contributed by atoms with Crippen LogP contribution in [0.15, 0.2) is 66.3 Å². The van der Waals surface area contributed by atoms with Crippen LogP contribution in [0.5, 0.6) is 0 Å². The van der Waals surface area contributed by atoms with E-state index in [0.717, 1.165) is 10.9 Å². The van der Waals surface area contributed by atoms with Crippen LogP contribution in [0.4, 0.5) is 0 Å². The third-order valence-corrected chi connectivity index (χ3v) is 3.09. The van der Waals surface area contributed by atoms with Crippen LogP contribution in [0, 0.1) is 0 Å². The lowest BCUT2D eigenvalue weighted by Gasteiger charge is -2.07. The van der Waals surface area contributed by atoms with E-state index in [0.29, 0.717) is 12.3 Å². The quantitative estimate of drug-likeness (QED) is 0.442. The van der Waals surface area contributed by atoms with E-state index in [1.54, 1.807) is 12.5 Å². The van der Waals surface area contributed by atoms with Crippen LogP contribution in [0.3, 0.4) is 0 Å². The Morgan fingerprint density at radius 2 is 2.00 bits per heavy atom. The molecule has 0 bridgehead atoms. The first kappa shape index (κ1) is 11.5. The standard InChI is InChI=1S/C15H13N3O/c19-17-15(10-18-8-7-16-11-18)14-6-5-12-3-1-2-4-13(12)9-14/h1-9,11,19H,10H2/b17-15+. The molecule has 0 aliphatic carbocycles. The molecule has 0 atom stereocenters. The van der Waals surface area contributed by atoms with Gasteiger partial charge in [0.05, 0.1) is 12.9 Å². The van der Waals surface area contributed by atoms with Crippen molar-refractivity contribution in [3.05, 3.63) is 66.7 Å². The number of fused-ring (bicyclic) bond motifs is 1. The highest BCUT2D eigenvalue weighted by atomic mass is 16.4. The van der Waals surface area contributed by atoms with Crippen LogP contribution in [-0.4, -0.2) is 20.5 Å². The highest BCUT2D eigenvalue weighted by molar-refractivity contribution is 6.03. The first-order valence-corrected chi connectivity index (χ1v) is 6.02. The molecular formula is C15H13N3O. The van der Waals surface area contributed by atoms with E-state index in [1.807, 2.05) is 47.2 Å². The molecule has 1 aromatic heterocycles. The zero-order valence-electron chi connectivity index (χ0n) is 10.3. The minimum absolute atomic E-state index is 0.495. The normalized spacial score (nSPS) is 11.9. The number of aromatic nitrogens is 2. The maximum atomic E-state index is 9.20. The number of imidazole rings is 1. The van der Waals surface area contributed by atoms with Crippen LogP contribution < -0.4 is 0 Å². The Kier molecular flexibility index (Phi) is 2.98. The molecule has 3 aromatic rings. The van der Waals surface area contributed by atoms with Crippen molar-refractivity contribution in [3.63, 3.8) is 0 Å². The molecule has 4 nitrogen and oxygen atoms in total. The van der Waals surface area contributed by atoms with Gasteiger partial charge in [0.15, 0.2) is 0 Å². The maximum Gasteiger partial charge on any atom is 0.106 e. The van der Waals surface area contributed by atoms with Gasteiger partial charge in [0, 0.05) is 18.0 Å². The topological polar surface area (TPSA) is 50.4 Å². The molecule has 0 aliphatic rings. The largest absolute Gasteiger partial charge is 0.411 e. The van der Waals surface area contributed by atoms with Crippen LogP contribution in [-0.2, 0) is 6.54 Å². The van der Waals surface area contributed by atoms with Crippen LogP contribution in [0.1, 0.15) is 5.56 Å². The second-order valence-electron chi connectivity index (χ2n) is 4.34. The molecular weight excluding hydrogens is 238 g/mol. The Labute approximate surface area is 110 Å². The third kappa shape index (κ3) is 2.33. The molecule has 0 saturated heterocycles. The van der Waals surface area contributed by atoms with Gasteiger partial charge in [-0.1, -0.05) is 41.6 Å². The Balaban J connectivity index is 1.97. The molecule has 1 N–H and O–H groups in total. The van der Waals surface area contributed by atoms with Crippen molar-refractivity contribution in [2.45, 2.75) is 6.54 Å². The number of rotatable bonds is 3. The van der Waals surface area contributed by atoms with E-state index in [2.05, 4.69) is 16.2 Å². The summed E-state index contributed by atoms with van der Waals surface area (Å²) in [6.07, 6.45) is 5.24. The highest BCUT2D eigenvalue weighted by Crippen LogP contribution is 2.16. The van der Waals surface area contributed by atoms with Crippen molar-refractivity contribution in [1.29, 1.82) is 0 Å². The predicted molar refractivity (Wildman–Crippen MR) is 74.5 cm³/mol. The molecule has 1 heterocycles. The maximum absolute atomic E-state index is 9.20. The average Bonchev–Trinajstić information content (AvgIpc) is 2.97. The van der Waals surface area contributed by atoms with Crippen molar-refractivity contribution in [2.24, 2.45) is 5.16 Å². The number of benzene rings is 2. The lowest BCUT2D eigenvalue weighted by molar-refractivity contribution is 0.317. The van der Waals surface area contributed by atoms with E-state index in [1.165, 1.54) is 5.39 Å². The molecule has 0 fully saturated rings. The fourth-order valence-electron chi connectivity index (χ4n) is 2.10. The number of oxime groups is 1. The molecule has 3 rings (SSSR count). The zero-order valence-corrected chi connectivity index (χ0v) is 10.3. The summed E-state index contributed by atoms with van der Waals surface area (Å²) in [4.78, 5) is 3.98. The second-order valence-corrected chi connectivity index (χ2v) is 4.34. The molecule has 0 radical (unpaired) electrons. The van der Waals surface area contributed by atoms with E-state index in [-0.39, 0.29) is 0 Å². The molecule has 4 heteroatoms.